The molecule has 3 amide bonds. The van der Waals surface area contributed by atoms with Crippen molar-refractivity contribution in [2.75, 3.05) is 62.4 Å². The van der Waals surface area contributed by atoms with E-state index in [4.69, 9.17) is 9.47 Å². The topological polar surface area (TPSA) is 165 Å². The summed E-state index contributed by atoms with van der Waals surface area (Å²) in [5.41, 5.74) is 0.934. The van der Waals surface area contributed by atoms with Gasteiger partial charge in [0, 0.05) is 18.4 Å². The third-order valence-corrected chi connectivity index (χ3v) is 15.4. The highest BCUT2D eigenvalue weighted by Crippen LogP contribution is 2.40. The number of halogens is 2. The molecule has 3 aliphatic rings. The summed E-state index contributed by atoms with van der Waals surface area (Å²) in [5.74, 6) is 0.0210. The van der Waals surface area contributed by atoms with E-state index in [2.05, 4.69) is 10.6 Å². The third-order valence-electron chi connectivity index (χ3n) is 11.9. The summed E-state index contributed by atoms with van der Waals surface area (Å²) in [7, 11) is -6.62. The smallest absolute Gasteiger partial charge is 0.324 e. The second kappa shape index (κ2) is 23.7. The van der Waals surface area contributed by atoms with Crippen molar-refractivity contribution >= 4 is 37.4 Å². The number of carbonyl (C=O) groups excluding carboxylic acids is 3. The highest BCUT2D eigenvalue weighted by Gasteiger charge is 2.34. The Hall–Kier alpha value is -3.63. The Bertz CT molecular complexity index is 2090. The van der Waals surface area contributed by atoms with Crippen LogP contribution in [0.3, 0.4) is 0 Å². The fourth-order valence-electron chi connectivity index (χ4n) is 7.52. The molecule has 1 saturated heterocycles. The lowest BCUT2D eigenvalue weighted by molar-refractivity contribution is -0.118. The van der Waals surface area contributed by atoms with Crippen LogP contribution in [-0.4, -0.2) is 102 Å². The van der Waals surface area contributed by atoms with E-state index in [1.54, 1.807) is 24.3 Å². The second-order valence-corrected chi connectivity index (χ2v) is 24.7. The molecule has 1 aliphatic heterocycles. The number of hydrogen-bond donors (Lipinski definition) is 2. The van der Waals surface area contributed by atoms with Crippen molar-refractivity contribution in [3.8, 4) is 11.5 Å². The van der Waals surface area contributed by atoms with E-state index < -0.39 is 31.3 Å². The van der Waals surface area contributed by atoms with Gasteiger partial charge >= 0.3 is 6.03 Å². The van der Waals surface area contributed by atoms with E-state index in [9.17, 15) is 40.0 Å². The number of nitrogens with one attached hydrogen (secondary N) is 2. The van der Waals surface area contributed by atoms with Crippen LogP contribution in [0.25, 0.3) is 0 Å². The zero-order valence-corrected chi connectivity index (χ0v) is 40.7. The molecule has 0 spiro atoms. The van der Waals surface area contributed by atoms with Gasteiger partial charge in [-0.2, -0.15) is 0 Å². The van der Waals surface area contributed by atoms with Crippen molar-refractivity contribution < 1.29 is 49.5 Å². The van der Waals surface area contributed by atoms with Gasteiger partial charge in [-0.05, 0) is 123 Å². The van der Waals surface area contributed by atoms with Gasteiger partial charge in [-0.1, -0.05) is 66.5 Å². The highest BCUT2D eigenvalue weighted by atomic mass is 32.2. The van der Waals surface area contributed by atoms with Gasteiger partial charge in [0.2, 0.25) is 5.91 Å². The molecule has 2 atom stereocenters. The van der Waals surface area contributed by atoms with E-state index in [0.717, 1.165) is 49.7 Å². The maximum atomic E-state index is 14.2. The fraction of sp³-hybridized carbons (Fsp3) is 0.688. The van der Waals surface area contributed by atoms with Crippen molar-refractivity contribution in [2.24, 2.45) is 22.7 Å². The van der Waals surface area contributed by atoms with Crippen LogP contribution in [-0.2, 0) is 29.3 Å². The number of ketones is 1. The summed E-state index contributed by atoms with van der Waals surface area (Å²) in [6.07, 6.45) is 8.45. The molecule has 360 valence electrons. The molecular weight excluding hydrogens is 865 g/mol. The number of urea groups is 1. The van der Waals surface area contributed by atoms with E-state index in [1.807, 2.05) is 41.5 Å². The number of benzene rings is 2. The monoisotopic (exact) mass is 937 g/mol. The number of ether oxygens (including phenoxy) is 2. The van der Waals surface area contributed by atoms with Crippen molar-refractivity contribution in [2.45, 2.75) is 125 Å². The van der Waals surface area contributed by atoms with Gasteiger partial charge < -0.3 is 19.7 Å². The Morgan fingerprint density at radius 1 is 0.734 bits per heavy atom. The Morgan fingerprint density at radius 2 is 1.19 bits per heavy atom. The van der Waals surface area contributed by atoms with Crippen LogP contribution in [0.4, 0.5) is 13.6 Å². The number of carbonyl (C=O) groups is 3. The van der Waals surface area contributed by atoms with Gasteiger partial charge in [0.1, 0.15) is 12.3 Å². The van der Waals surface area contributed by atoms with Crippen LogP contribution < -0.4 is 20.1 Å². The number of hydrogen-bond acceptors (Lipinski definition) is 10. The molecular formula is C48H73F2N3O9S2. The van der Waals surface area contributed by atoms with Gasteiger partial charge in [-0.25, -0.2) is 30.4 Å². The minimum atomic E-state index is -3.35. The summed E-state index contributed by atoms with van der Waals surface area (Å²) < 4.78 is 91.3. The largest absolute Gasteiger partial charge is 0.490 e. The summed E-state index contributed by atoms with van der Waals surface area (Å²) in [6, 6.07) is 9.05. The molecule has 12 nitrogen and oxygen atoms in total. The molecule has 2 aliphatic carbocycles. The van der Waals surface area contributed by atoms with E-state index in [1.165, 1.54) is 24.0 Å². The average molecular weight is 938 g/mol. The predicted molar refractivity (Wildman–Crippen MR) is 247 cm³/mol. The Kier molecular flexibility index (Phi) is 19.6. The lowest BCUT2D eigenvalue weighted by atomic mass is 9.77. The van der Waals surface area contributed by atoms with Gasteiger partial charge in [0.15, 0.2) is 42.8 Å². The number of sulfone groups is 2. The lowest BCUT2D eigenvalue weighted by Gasteiger charge is -2.31. The van der Waals surface area contributed by atoms with Gasteiger partial charge in [-0.15, -0.1) is 0 Å². The number of Topliss-reactive ketones (excluding diaryl/α,β-unsaturated/α-hetero) is 1. The summed E-state index contributed by atoms with van der Waals surface area (Å²) >= 11 is 0. The number of rotatable bonds is 26. The Morgan fingerprint density at radius 3 is 1.58 bits per heavy atom. The molecule has 2 saturated carbocycles. The number of amides is 3. The third kappa shape index (κ3) is 19.1. The first kappa shape index (κ1) is 53.0. The number of unbranched alkanes of at least 4 members (excludes halogenated alkanes) is 4. The highest BCUT2D eigenvalue weighted by molar-refractivity contribution is 7.91. The molecule has 64 heavy (non-hydrogen) atoms. The summed E-state index contributed by atoms with van der Waals surface area (Å²) in [6.45, 7) is 16.1. The molecule has 1 heterocycles. The van der Waals surface area contributed by atoms with Crippen molar-refractivity contribution in [3.05, 3.63) is 59.2 Å². The molecule has 0 bridgehead atoms. The van der Waals surface area contributed by atoms with Crippen molar-refractivity contribution in [1.82, 2.24) is 15.5 Å². The average Bonchev–Trinajstić information content (AvgIpc) is 4.14. The summed E-state index contributed by atoms with van der Waals surface area (Å²) in [5, 5.41) is 5.27. The minimum absolute atomic E-state index is 0.0206. The van der Waals surface area contributed by atoms with Gasteiger partial charge in [-0.3, -0.25) is 14.9 Å². The first-order chi connectivity index (χ1) is 29.9. The van der Waals surface area contributed by atoms with E-state index in [0.29, 0.717) is 70.4 Å². The first-order valence-corrected chi connectivity index (χ1v) is 26.6. The molecule has 2 aromatic carbocycles. The first-order valence-electron chi connectivity index (χ1n) is 23.0. The molecule has 2 N–H and O–H groups in total. The Balaban J connectivity index is 0.000000281. The maximum Gasteiger partial charge on any atom is 0.324 e. The van der Waals surface area contributed by atoms with Crippen LogP contribution in [0, 0.1) is 34.3 Å². The van der Waals surface area contributed by atoms with Crippen molar-refractivity contribution in [3.63, 3.8) is 0 Å². The zero-order chi connectivity index (χ0) is 47.3. The van der Waals surface area contributed by atoms with Gasteiger partial charge in [0.25, 0.3) is 0 Å². The molecule has 0 radical (unpaired) electrons. The fourth-order valence-corrected chi connectivity index (χ4v) is 11.5. The normalized spacial score (nSPS) is 16.8. The molecule has 2 unspecified atom stereocenters. The van der Waals surface area contributed by atoms with Crippen LogP contribution in [0.5, 0.6) is 11.5 Å². The second-order valence-electron chi connectivity index (χ2n) is 20.2. The standard InChI is InChI=1S/C24H35FN2O5S.C24H38FNO4S/c1-24(2,3)19(18-9-10-20(25)21(13-18)32-15-17-7-8-17)16-33(30,31)12-6-4-5-11-27-14-22(28)26-23(27)29;1-18(27)15-26-12-6-5-7-13-31(28,29)17-21(24(2,3)4)20-10-11-22(25)23(14-20)30-16-19-8-9-19/h9-10,13,17,19H,4-8,11-12,14-16H2,1-3H3,(H,26,28,29);10-11,14,19,21,26H,5-9,12-13,15-17H2,1-4H3. The molecule has 5 rings (SSSR count). The van der Waals surface area contributed by atoms with E-state index in [-0.39, 0.29) is 81.4 Å². The van der Waals surface area contributed by atoms with Crippen LogP contribution >= 0.6 is 0 Å². The summed E-state index contributed by atoms with van der Waals surface area (Å²) in [4.78, 5) is 35.1. The molecule has 0 aromatic heterocycles. The maximum absolute atomic E-state index is 14.2. The Labute approximate surface area is 381 Å². The zero-order valence-electron chi connectivity index (χ0n) is 39.1. The molecule has 2 aromatic rings. The minimum Gasteiger partial charge on any atom is -0.490 e. The van der Waals surface area contributed by atoms with Crippen LogP contribution in [0.1, 0.15) is 136 Å². The number of imide groups is 1. The van der Waals surface area contributed by atoms with Crippen LogP contribution in [0.2, 0.25) is 0 Å². The van der Waals surface area contributed by atoms with Crippen molar-refractivity contribution in [1.29, 1.82) is 0 Å². The molecule has 3 fully saturated rings. The number of nitrogens with zero attached hydrogens (tertiary/aromatic N) is 1. The lowest BCUT2D eigenvalue weighted by Crippen LogP contribution is -2.29. The molecule has 16 heteroatoms. The van der Waals surface area contributed by atoms with E-state index >= 15 is 0 Å². The predicted octanol–water partition coefficient (Wildman–Crippen LogP) is 8.39. The van der Waals surface area contributed by atoms with Crippen LogP contribution in [0.15, 0.2) is 36.4 Å². The SMILES string of the molecule is CC(=O)CNCCCCCS(=O)(=O)CC(c1ccc(F)c(OCC2CC2)c1)C(C)(C)C.CC(C)(C)C(CS(=O)(=O)CCCCCN1CC(=O)NC1=O)c1ccc(F)c(OCC2CC2)c1. The van der Waals surface area contributed by atoms with Gasteiger partial charge in [0.05, 0.1) is 42.8 Å². The quantitative estimate of drug-likeness (QED) is 0.0692.